The van der Waals surface area contributed by atoms with E-state index in [1.54, 1.807) is 36.0 Å². The van der Waals surface area contributed by atoms with Crippen LogP contribution in [0.1, 0.15) is 32.6 Å². The molecule has 130 valence electrons. The van der Waals surface area contributed by atoms with Gasteiger partial charge in [-0.05, 0) is 37.1 Å². The highest BCUT2D eigenvalue weighted by Crippen LogP contribution is 2.26. The standard InChI is InChI=1S/C16H20ClN3O2S2/c1-2-3-11-23-16-20-19-15(24-16)18-14(21)5-4-10-22-13-8-6-12(17)7-9-13/h6-9H,2-5,10-11H2,1H3,(H,18,19,21). The third-order valence-electron chi connectivity index (χ3n) is 3.01. The summed E-state index contributed by atoms with van der Waals surface area (Å²) in [7, 11) is 0. The van der Waals surface area contributed by atoms with Crippen LogP contribution in [0.2, 0.25) is 5.02 Å². The predicted molar refractivity (Wildman–Crippen MR) is 100 cm³/mol. The van der Waals surface area contributed by atoms with Crippen LogP contribution in [0.25, 0.3) is 0 Å². The van der Waals surface area contributed by atoms with Gasteiger partial charge in [0.05, 0.1) is 6.61 Å². The number of rotatable bonds is 10. The molecule has 0 bridgehead atoms. The summed E-state index contributed by atoms with van der Waals surface area (Å²) in [6.45, 7) is 2.63. The number of aromatic nitrogens is 2. The monoisotopic (exact) mass is 385 g/mol. The lowest BCUT2D eigenvalue weighted by atomic mass is 10.3. The van der Waals surface area contributed by atoms with Crippen molar-refractivity contribution in [3.8, 4) is 5.75 Å². The quantitative estimate of drug-likeness (QED) is 0.358. The number of nitrogens with zero attached hydrogens (tertiary/aromatic N) is 2. The van der Waals surface area contributed by atoms with E-state index < -0.39 is 0 Å². The van der Waals surface area contributed by atoms with Gasteiger partial charge < -0.3 is 10.1 Å². The third-order valence-corrected chi connectivity index (χ3v) is 5.32. The molecule has 0 aliphatic heterocycles. The van der Waals surface area contributed by atoms with Crippen molar-refractivity contribution in [1.29, 1.82) is 0 Å². The highest BCUT2D eigenvalue weighted by molar-refractivity contribution is 8.01. The van der Waals surface area contributed by atoms with Crippen LogP contribution < -0.4 is 10.1 Å². The lowest BCUT2D eigenvalue weighted by molar-refractivity contribution is -0.116. The first kappa shape index (κ1) is 19.0. The molecule has 2 aromatic rings. The fraction of sp³-hybridized carbons (Fsp3) is 0.438. The van der Waals surface area contributed by atoms with Crippen LogP contribution in [-0.2, 0) is 4.79 Å². The highest BCUT2D eigenvalue weighted by Gasteiger charge is 2.08. The van der Waals surface area contributed by atoms with E-state index in [0.29, 0.717) is 29.6 Å². The fourth-order valence-electron chi connectivity index (χ4n) is 1.76. The summed E-state index contributed by atoms with van der Waals surface area (Å²) >= 11 is 8.90. The first-order chi connectivity index (χ1) is 11.7. The van der Waals surface area contributed by atoms with E-state index in [0.717, 1.165) is 28.7 Å². The maximum atomic E-state index is 11.9. The van der Waals surface area contributed by atoms with Crippen molar-refractivity contribution in [1.82, 2.24) is 10.2 Å². The average molecular weight is 386 g/mol. The van der Waals surface area contributed by atoms with Crippen molar-refractivity contribution in [3.05, 3.63) is 29.3 Å². The minimum absolute atomic E-state index is 0.0732. The first-order valence-electron chi connectivity index (χ1n) is 7.82. The normalized spacial score (nSPS) is 10.6. The number of hydrogen-bond acceptors (Lipinski definition) is 6. The molecule has 24 heavy (non-hydrogen) atoms. The van der Waals surface area contributed by atoms with Gasteiger partial charge in [0.2, 0.25) is 11.0 Å². The van der Waals surface area contributed by atoms with E-state index in [9.17, 15) is 4.79 Å². The number of ether oxygens (including phenoxy) is 1. The van der Waals surface area contributed by atoms with Crippen LogP contribution in [0, 0.1) is 0 Å². The predicted octanol–water partition coefficient (Wildman–Crippen LogP) is 4.88. The van der Waals surface area contributed by atoms with Crippen molar-refractivity contribution in [2.75, 3.05) is 17.7 Å². The van der Waals surface area contributed by atoms with Gasteiger partial charge in [0.1, 0.15) is 5.75 Å². The molecule has 0 aliphatic rings. The molecule has 8 heteroatoms. The number of nitrogens with one attached hydrogen (secondary N) is 1. The topological polar surface area (TPSA) is 64.1 Å². The molecule has 5 nitrogen and oxygen atoms in total. The molecule has 2 rings (SSSR count). The number of benzene rings is 1. The van der Waals surface area contributed by atoms with Gasteiger partial charge in [-0.1, -0.05) is 48.0 Å². The van der Waals surface area contributed by atoms with Gasteiger partial charge in [-0.25, -0.2) is 0 Å². The molecule has 0 spiro atoms. The van der Waals surface area contributed by atoms with Gasteiger partial charge >= 0.3 is 0 Å². The summed E-state index contributed by atoms with van der Waals surface area (Å²) in [5.41, 5.74) is 0. The molecule has 0 saturated heterocycles. The maximum Gasteiger partial charge on any atom is 0.226 e. The minimum atomic E-state index is -0.0732. The number of hydrogen-bond donors (Lipinski definition) is 1. The van der Waals surface area contributed by atoms with Crippen molar-refractivity contribution >= 4 is 45.7 Å². The molecule has 1 aromatic carbocycles. The summed E-state index contributed by atoms with van der Waals surface area (Å²) in [5.74, 6) is 1.70. The largest absolute Gasteiger partial charge is 0.494 e. The maximum absolute atomic E-state index is 11.9. The van der Waals surface area contributed by atoms with Gasteiger partial charge in [-0.3, -0.25) is 4.79 Å². The van der Waals surface area contributed by atoms with E-state index in [1.165, 1.54) is 11.3 Å². The second-order valence-corrected chi connectivity index (χ2v) is 7.79. The Labute approximate surface area is 155 Å². The molecule has 0 radical (unpaired) electrons. The van der Waals surface area contributed by atoms with E-state index in [1.807, 2.05) is 0 Å². The second-order valence-electron chi connectivity index (χ2n) is 5.03. The lowest BCUT2D eigenvalue weighted by Gasteiger charge is -2.05. The molecule has 1 heterocycles. The number of halogens is 1. The summed E-state index contributed by atoms with van der Waals surface area (Å²) in [6, 6.07) is 7.16. The van der Waals surface area contributed by atoms with Crippen LogP contribution in [0.15, 0.2) is 28.6 Å². The van der Waals surface area contributed by atoms with Gasteiger partial charge in [0, 0.05) is 17.2 Å². The Morgan fingerprint density at radius 2 is 2.08 bits per heavy atom. The minimum Gasteiger partial charge on any atom is -0.494 e. The van der Waals surface area contributed by atoms with Gasteiger partial charge in [-0.15, -0.1) is 10.2 Å². The fourth-order valence-corrected chi connectivity index (χ4v) is 3.81. The summed E-state index contributed by atoms with van der Waals surface area (Å²) in [4.78, 5) is 11.9. The Balaban J connectivity index is 1.63. The van der Waals surface area contributed by atoms with Gasteiger partial charge in [-0.2, -0.15) is 0 Å². The molecular weight excluding hydrogens is 366 g/mol. The van der Waals surface area contributed by atoms with E-state index in [4.69, 9.17) is 16.3 Å². The molecule has 0 saturated carbocycles. The van der Waals surface area contributed by atoms with E-state index in [2.05, 4.69) is 22.4 Å². The molecule has 0 atom stereocenters. The Morgan fingerprint density at radius 1 is 1.29 bits per heavy atom. The molecule has 1 amide bonds. The Kier molecular flexibility index (Phi) is 8.35. The van der Waals surface area contributed by atoms with Crippen LogP contribution >= 0.6 is 34.7 Å². The summed E-state index contributed by atoms with van der Waals surface area (Å²) < 4.78 is 6.45. The van der Waals surface area contributed by atoms with E-state index in [-0.39, 0.29) is 5.91 Å². The van der Waals surface area contributed by atoms with Crippen LogP contribution in [0.3, 0.4) is 0 Å². The SMILES string of the molecule is CCCCSc1nnc(NC(=O)CCCOc2ccc(Cl)cc2)s1. The molecule has 0 aliphatic carbocycles. The molecular formula is C16H20ClN3O2S2. The summed E-state index contributed by atoms with van der Waals surface area (Å²) in [6.07, 6.45) is 3.32. The van der Waals surface area contributed by atoms with Crippen LogP contribution in [-0.4, -0.2) is 28.5 Å². The second kappa shape index (κ2) is 10.5. The van der Waals surface area contributed by atoms with Crippen molar-refractivity contribution in [3.63, 3.8) is 0 Å². The van der Waals surface area contributed by atoms with Crippen molar-refractivity contribution in [2.45, 2.75) is 36.9 Å². The number of unbranched alkanes of at least 4 members (excludes halogenated alkanes) is 1. The van der Waals surface area contributed by atoms with Crippen LogP contribution in [0.4, 0.5) is 5.13 Å². The lowest BCUT2D eigenvalue weighted by Crippen LogP contribution is -2.12. The smallest absolute Gasteiger partial charge is 0.226 e. The van der Waals surface area contributed by atoms with Crippen molar-refractivity contribution in [2.24, 2.45) is 0 Å². The molecule has 1 aromatic heterocycles. The molecule has 0 unspecified atom stereocenters. The number of anilines is 1. The summed E-state index contributed by atoms with van der Waals surface area (Å²) in [5, 5.41) is 12.1. The average Bonchev–Trinajstić information content (AvgIpc) is 3.01. The first-order valence-corrected chi connectivity index (χ1v) is 10.00. The Morgan fingerprint density at radius 3 is 2.83 bits per heavy atom. The zero-order chi connectivity index (χ0) is 17.2. The third kappa shape index (κ3) is 7.07. The highest BCUT2D eigenvalue weighted by atomic mass is 35.5. The van der Waals surface area contributed by atoms with Crippen molar-refractivity contribution < 1.29 is 9.53 Å². The number of carbonyl (C=O) groups excluding carboxylic acids is 1. The number of amides is 1. The van der Waals surface area contributed by atoms with E-state index >= 15 is 0 Å². The molecule has 1 N–H and O–H groups in total. The zero-order valence-electron chi connectivity index (χ0n) is 13.5. The van der Waals surface area contributed by atoms with Crippen LogP contribution in [0.5, 0.6) is 5.75 Å². The Hall–Kier alpha value is -1.31. The number of carbonyl (C=O) groups is 1. The number of thioether (sulfide) groups is 1. The zero-order valence-corrected chi connectivity index (χ0v) is 15.8. The molecule has 0 fully saturated rings. The van der Waals surface area contributed by atoms with Gasteiger partial charge in [0.25, 0.3) is 0 Å². The Bertz CT molecular complexity index is 635. The van der Waals surface area contributed by atoms with Gasteiger partial charge in [0.15, 0.2) is 4.34 Å².